The van der Waals surface area contributed by atoms with Crippen molar-refractivity contribution in [1.82, 2.24) is 0 Å². The van der Waals surface area contributed by atoms with E-state index < -0.39 is 0 Å². The molecule has 0 fully saturated rings. The van der Waals surface area contributed by atoms with Crippen molar-refractivity contribution >= 4 is 30.1 Å². The molecule has 0 N–H and O–H groups in total. The second-order valence-corrected chi connectivity index (χ2v) is 5.29. The Bertz CT molecular complexity index is 304. The monoisotopic (exact) mass is 326 g/mol. The highest BCUT2D eigenvalue weighted by molar-refractivity contribution is 14.2. The van der Waals surface area contributed by atoms with Gasteiger partial charge in [-0.25, -0.2) is 4.39 Å². The molecule has 0 saturated heterocycles. The van der Waals surface area contributed by atoms with Gasteiger partial charge in [-0.1, -0.05) is 13.8 Å². The Morgan fingerprint density at radius 1 is 1.50 bits per heavy atom. The van der Waals surface area contributed by atoms with Crippen LogP contribution >= 0.6 is 30.1 Å². The van der Waals surface area contributed by atoms with Crippen LogP contribution in [0.5, 0.6) is 5.75 Å². The Labute approximate surface area is 100 Å². The number of hydrogen-bond acceptors (Lipinski definition) is 2. The second kappa shape index (κ2) is 5.80. The Balaban J connectivity index is 2.69. The molecule has 0 unspecified atom stereocenters. The maximum Gasteiger partial charge on any atom is 0.137 e. The lowest BCUT2D eigenvalue weighted by Gasteiger charge is -2.09. The Hall–Kier alpha value is 0.0300. The first-order chi connectivity index (χ1) is 6.63. The maximum atomic E-state index is 13.1. The van der Waals surface area contributed by atoms with Gasteiger partial charge in [-0.15, -0.1) is 0 Å². The minimum atomic E-state index is -0.193. The number of halogens is 2. The number of hydrogen-bond donors (Lipinski definition) is 0. The summed E-state index contributed by atoms with van der Waals surface area (Å²) in [6.45, 7) is 4.83. The number of benzene rings is 1. The van der Waals surface area contributed by atoms with Crippen LogP contribution in [0.2, 0.25) is 0 Å². The summed E-state index contributed by atoms with van der Waals surface area (Å²) in [6.07, 6.45) is 0. The predicted octanol–water partition coefficient (Wildman–Crippen LogP) is 4.30. The van der Waals surface area contributed by atoms with E-state index in [2.05, 4.69) is 35.1 Å². The maximum absolute atomic E-state index is 13.1. The lowest BCUT2D eigenvalue weighted by Crippen LogP contribution is -2.04. The van der Waals surface area contributed by atoms with Crippen molar-refractivity contribution in [3.63, 3.8) is 0 Å². The van der Waals surface area contributed by atoms with E-state index >= 15 is 0 Å². The van der Waals surface area contributed by atoms with Crippen molar-refractivity contribution < 1.29 is 9.13 Å². The van der Waals surface area contributed by atoms with Crippen LogP contribution in [0.4, 0.5) is 4.39 Å². The summed E-state index contributed by atoms with van der Waals surface area (Å²) in [6, 6.07) is 4.83. The van der Waals surface area contributed by atoms with Gasteiger partial charge in [0.1, 0.15) is 11.6 Å². The molecule has 78 valence electrons. The zero-order chi connectivity index (χ0) is 10.6. The van der Waals surface area contributed by atoms with Gasteiger partial charge in [0, 0.05) is 21.2 Å². The first-order valence-electron chi connectivity index (χ1n) is 4.34. The van der Waals surface area contributed by atoms with Crippen LogP contribution in [0.15, 0.2) is 23.1 Å². The fourth-order valence-electron chi connectivity index (χ4n) is 0.895. The molecular weight excluding hydrogens is 314 g/mol. The average Bonchev–Trinajstić information content (AvgIpc) is 2.16. The molecular formula is C10H12FIOS. The fraction of sp³-hybridized carbons (Fsp3) is 0.400. The SMILES string of the molecule is CC(C)COc1ccc(F)c(SI)c1. The van der Waals surface area contributed by atoms with Crippen molar-refractivity contribution in [2.75, 3.05) is 6.61 Å². The summed E-state index contributed by atoms with van der Waals surface area (Å²) >= 11 is 2.06. The molecule has 0 aromatic heterocycles. The summed E-state index contributed by atoms with van der Waals surface area (Å²) in [4.78, 5) is 0.617. The normalized spacial score (nSPS) is 10.6. The molecule has 0 bridgehead atoms. The zero-order valence-electron chi connectivity index (χ0n) is 8.09. The van der Waals surface area contributed by atoms with Crippen LogP contribution < -0.4 is 4.74 Å². The van der Waals surface area contributed by atoms with E-state index in [-0.39, 0.29) is 5.82 Å². The summed E-state index contributed by atoms with van der Waals surface area (Å²) in [7, 11) is 1.36. The van der Waals surface area contributed by atoms with Crippen molar-refractivity contribution in [3.05, 3.63) is 24.0 Å². The van der Waals surface area contributed by atoms with Crippen LogP contribution in [0.3, 0.4) is 0 Å². The molecule has 0 spiro atoms. The summed E-state index contributed by atoms with van der Waals surface area (Å²) in [5.74, 6) is 1.02. The van der Waals surface area contributed by atoms with E-state index in [9.17, 15) is 4.39 Å². The highest BCUT2D eigenvalue weighted by Gasteiger charge is 2.04. The predicted molar refractivity (Wildman–Crippen MR) is 66.6 cm³/mol. The van der Waals surface area contributed by atoms with Gasteiger partial charge in [0.2, 0.25) is 0 Å². The third kappa shape index (κ3) is 3.65. The van der Waals surface area contributed by atoms with E-state index in [1.54, 1.807) is 12.1 Å². The van der Waals surface area contributed by atoms with Crippen molar-refractivity contribution in [3.8, 4) is 5.75 Å². The van der Waals surface area contributed by atoms with E-state index in [1.807, 2.05) is 0 Å². The number of rotatable bonds is 4. The Kier molecular flexibility index (Phi) is 5.01. The molecule has 0 atom stereocenters. The van der Waals surface area contributed by atoms with Gasteiger partial charge in [0.25, 0.3) is 0 Å². The van der Waals surface area contributed by atoms with Crippen LogP contribution in [0.25, 0.3) is 0 Å². The third-order valence-corrected chi connectivity index (χ3v) is 3.47. The van der Waals surface area contributed by atoms with E-state index in [0.29, 0.717) is 17.4 Å². The largest absolute Gasteiger partial charge is 0.493 e. The van der Waals surface area contributed by atoms with Gasteiger partial charge in [-0.2, -0.15) is 0 Å². The zero-order valence-corrected chi connectivity index (χ0v) is 11.1. The third-order valence-electron chi connectivity index (χ3n) is 1.57. The molecule has 14 heavy (non-hydrogen) atoms. The molecule has 0 aliphatic carbocycles. The van der Waals surface area contributed by atoms with Gasteiger partial charge in [-0.05, 0) is 33.1 Å². The van der Waals surface area contributed by atoms with Crippen LogP contribution in [-0.4, -0.2) is 6.61 Å². The van der Waals surface area contributed by atoms with Crippen molar-refractivity contribution in [1.29, 1.82) is 0 Å². The van der Waals surface area contributed by atoms with E-state index in [1.165, 1.54) is 15.0 Å². The van der Waals surface area contributed by atoms with Gasteiger partial charge in [-0.3, -0.25) is 0 Å². The highest BCUT2D eigenvalue weighted by atomic mass is 127. The molecule has 1 nitrogen and oxygen atoms in total. The molecule has 1 aromatic carbocycles. The first kappa shape index (κ1) is 12.1. The van der Waals surface area contributed by atoms with Gasteiger partial charge >= 0.3 is 0 Å². The summed E-state index contributed by atoms with van der Waals surface area (Å²) in [5.41, 5.74) is 0. The summed E-state index contributed by atoms with van der Waals surface area (Å²) < 4.78 is 18.6. The van der Waals surface area contributed by atoms with Crippen LogP contribution in [0.1, 0.15) is 13.8 Å². The van der Waals surface area contributed by atoms with Gasteiger partial charge in [0.15, 0.2) is 0 Å². The molecule has 0 amide bonds. The lowest BCUT2D eigenvalue weighted by molar-refractivity contribution is 0.270. The molecule has 0 saturated carbocycles. The average molecular weight is 326 g/mol. The van der Waals surface area contributed by atoms with E-state index in [4.69, 9.17) is 4.74 Å². The summed E-state index contributed by atoms with van der Waals surface area (Å²) in [5, 5.41) is 0. The second-order valence-electron chi connectivity index (χ2n) is 3.37. The Morgan fingerprint density at radius 2 is 2.21 bits per heavy atom. The minimum absolute atomic E-state index is 0.193. The Morgan fingerprint density at radius 3 is 2.79 bits per heavy atom. The fourth-order valence-corrected chi connectivity index (χ4v) is 2.21. The lowest BCUT2D eigenvalue weighted by atomic mass is 10.2. The van der Waals surface area contributed by atoms with Gasteiger partial charge < -0.3 is 4.74 Å². The first-order valence-corrected chi connectivity index (χ1v) is 7.70. The molecule has 1 aromatic rings. The molecule has 0 heterocycles. The molecule has 4 heteroatoms. The van der Waals surface area contributed by atoms with Crippen molar-refractivity contribution in [2.45, 2.75) is 18.7 Å². The quantitative estimate of drug-likeness (QED) is 0.763. The van der Waals surface area contributed by atoms with Crippen LogP contribution in [0, 0.1) is 11.7 Å². The molecule has 0 aliphatic heterocycles. The topological polar surface area (TPSA) is 9.23 Å². The van der Waals surface area contributed by atoms with Crippen LogP contribution in [-0.2, 0) is 0 Å². The molecule has 1 rings (SSSR count). The minimum Gasteiger partial charge on any atom is -0.493 e. The van der Waals surface area contributed by atoms with E-state index in [0.717, 1.165) is 5.75 Å². The van der Waals surface area contributed by atoms with Crippen molar-refractivity contribution in [2.24, 2.45) is 5.92 Å². The highest BCUT2D eigenvalue weighted by Crippen LogP contribution is 2.30. The number of ether oxygens (including phenoxy) is 1. The smallest absolute Gasteiger partial charge is 0.137 e. The molecule has 0 radical (unpaired) electrons. The standard InChI is InChI=1S/C10H12FIOS/c1-7(2)6-13-8-3-4-9(11)10(5-8)14-12/h3-5,7H,6H2,1-2H3. The molecule has 0 aliphatic rings. The van der Waals surface area contributed by atoms with Gasteiger partial charge in [0.05, 0.1) is 11.5 Å².